The minimum Gasteiger partial charge on any atom is -0.377 e. The lowest BCUT2D eigenvalue weighted by Gasteiger charge is -2.23. The van der Waals surface area contributed by atoms with E-state index in [1.54, 1.807) is 0 Å². The summed E-state index contributed by atoms with van der Waals surface area (Å²) in [5.74, 6) is 0.190. The quantitative estimate of drug-likeness (QED) is 0.710. The third kappa shape index (κ3) is 3.47. The van der Waals surface area contributed by atoms with E-state index in [0.717, 1.165) is 26.1 Å². The molecule has 2 rings (SSSR count). The molecule has 86 valence electrons. The summed E-state index contributed by atoms with van der Waals surface area (Å²) >= 11 is 0. The van der Waals surface area contributed by atoms with Crippen molar-refractivity contribution in [1.29, 1.82) is 0 Å². The number of nitrogens with one attached hydrogen (secondary N) is 2. The molecule has 2 aliphatic heterocycles. The number of hydrogen-bond acceptors (Lipinski definition) is 3. The van der Waals surface area contributed by atoms with Gasteiger partial charge < -0.3 is 15.4 Å². The third-order valence-electron chi connectivity index (χ3n) is 3.12. The molecular weight excluding hydrogens is 192 g/mol. The van der Waals surface area contributed by atoms with Crippen LogP contribution in [0.4, 0.5) is 0 Å². The van der Waals surface area contributed by atoms with Gasteiger partial charge >= 0.3 is 0 Å². The third-order valence-corrected chi connectivity index (χ3v) is 3.12. The highest BCUT2D eigenvalue weighted by Gasteiger charge is 2.20. The zero-order chi connectivity index (χ0) is 10.5. The molecule has 2 unspecified atom stereocenters. The summed E-state index contributed by atoms with van der Waals surface area (Å²) in [6.07, 6.45) is 5.70. The Morgan fingerprint density at radius 2 is 2.27 bits per heavy atom. The molecule has 2 saturated heterocycles. The molecule has 1 amide bonds. The number of carbonyl (C=O) groups excluding carboxylic acids is 1. The normalized spacial score (nSPS) is 31.6. The Morgan fingerprint density at radius 3 is 2.93 bits per heavy atom. The molecule has 15 heavy (non-hydrogen) atoms. The molecule has 0 aromatic carbocycles. The van der Waals surface area contributed by atoms with Gasteiger partial charge in [-0.25, -0.2) is 0 Å². The fourth-order valence-corrected chi connectivity index (χ4v) is 2.22. The molecule has 0 aromatic heterocycles. The van der Waals surface area contributed by atoms with Crippen LogP contribution in [-0.4, -0.2) is 37.7 Å². The molecule has 2 fully saturated rings. The van der Waals surface area contributed by atoms with Gasteiger partial charge in [-0.05, 0) is 25.7 Å². The zero-order valence-electron chi connectivity index (χ0n) is 9.13. The van der Waals surface area contributed by atoms with E-state index < -0.39 is 0 Å². The van der Waals surface area contributed by atoms with Crippen LogP contribution >= 0.6 is 0 Å². The summed E-state index contributed by atoms with van der Waals surface area (Å²) < 4.78 is 5.61. The van der Waals surface area contributed by atoms with Gasteiger partial charge in [-0.1, -0.05) is 0 Å². The molecule has 2 atom stereocenters. The molecule has 0 radical (unpaired) electrons. The van der Waals surface area contributed by atoms with Gasteiger partial charge in [-0.2, -0.15) is 0 Å². The van der Waals surface area contributed by atoms with Gasteiger partial charge in [0.25, 0.3) is 0 Å². The van der Waals surface area contributed by atoms with Crippen molar-refractivity contribution in [2.75, 3.05) is 19.7 Å². The summed E-state index contributed by atoms with van der Waals surface area (Å²) in [7, 11) is 0. The molecule has 2 aliphatic rings. The Balaban J connectivity index is 1.56. The van der Waals surface area contributed by atoms with Crippen LogP contribution in [0.15, 0.2) is 0 Å². The van der Waals surface area contributed by atoms with Crippen LogP contribution in [0.1, 0.15) is 32.1 Å². The lowest BCUT2D eigenvalue weighted by atomic mass is 10.1. The fourth-order valence-electron chi connectivity index (χ4n) is 2.22. The SMILES string of the molecule is O=C1CCC(CNCC2CCCCO2)N1. The number of rotatable bonds is 4. The molecule has 0 bridgehead atoms. The molecule has 0 aliphatic carbocycles. The van der Waals surface area contributed by atoms with E-state index in [-0.39, 0.29) is 5.91 Å². The molecule has 4 nitrogen and oxygen atoms in total. The number of hydrogen-bond donors (Lipinski definition) is 2. The van der Waals surface area contributed by atoms with E-state index in [9.17, 15) is 4.79 Å². The average molecular weight is 212 g/mol. The van der Waals surface area contributed by atoms with Crippen molar-refractivity contribution >= 4 is 5.91 Å². The maximum atomic E-state index is 11.0. The Kier molecular flexibility index (Phi) is 3.97. The first kappa shape index (κ1) is 10.9. The van der Waals surface area contributed by atoms with E-state index in [1.165, 1.54) is 19.3 Å². The molecule has 4 heteroatoms. The summed E-state index contributed by atoms with van der Waals surface area (Å²) in [5.41, 5.74) is 0. The molecule has 0 saturated carbocycles. The minimum absolute atomic E-state index is 0.190. The Hall–Kier alpha value is -0.610. The molecule has 0 spiro atoms. The Labute approximate surface area is 90.8 Å². The second kappa shape index (κ2) is 5.47. The number of ether oxygens (including phenoxy) is 1. The van der Waals surface area contributed by atoms with Gasteiger partial charge in [0.05, 0.1) is 6.10 Å². The van der Waals surface area contributed by atoms with Crippen molar-refractivity contribution in [3.8, 4) is 0 Å². The van der Waals surface area contributed by atoms with Crippen molar-refractivity contribution < 1.29 is 9.53 Å². The topological polar surface area (TPSA) is 50.4 Å². The number of carbonyl (C=O) groups is 1. The van der Waals surface area contributed by atoms with Gasteiger partial charge in [-0.3, -0.25) is 4.79 Å². The molecular formula is C11H20N2O2. The van der Waals surface area contributed by atoms with Crippen LogP contribution in [0.2, 0.25) is 0 Å². The van der Waals surface area contributed by atoms with Gasteiger partial charge in [0.15, 0.2) is 0 Å². The molecule has 2 heterocycles. The summed E-state index contributed by atoms with van der Waals surface area (Å²) in [6, 6.07) is 0.334. The van der Waals surface area contributed by atoms with Crippen LogP contribution in [0, 0.1) is 0 Å². The van der Waals surface area contributed by atoms with E-state index >= 15 is 0 Å². The summed E-state index contributed by atoms with van der Waals surface area (Å²) in [4.78, 5) is 11.0. The highest BCUT2D eigenvalue weighted by molar-refractivity contribution is 5.78. The van der Waals surface area contributed by atoms with E-state index in [0.29, 0.717) is 18.6 Å². The average Bonchev–Trinajstić information content (AvgIpc) is 2.66. The van der Waals surface area contributed by atoms with E-state index in [2.05, 4.69) is 10.6 Å². The van der Waals surface area contributed by atoms with Gasteiger partial charge in [0.1, 0.15) is 0 Å². The number of amides is 1. The summed E-state index contributed by atoms with van der Waals surface area (Å²) in [6.45, 7) is 2.71. The van der Waals surface area contributed by atoms with E-state index in [1.807, 2.05) is 0 Å². The van der Waals surface area contributed by atoms with Crippen molar-refractivity contribution in [2.24, 2.45) is 0 Å². The maximum Gasteiger partial charge on any atom is 0.220 e. The standard InChI is InChI=1S/C11H20N2O2/c14-11-5-4-9(13-11)7-12-8-10-3-1-2-6-15-10/h9-10,12H,1-8H2,(H,13,14). The van der Waals surface area contributed by atoms with E-state index in [4.69, 9.17) is 4.74 Å². The lowest BCUT2D eigenvalue weighted by Crippen LogP contribution is -2.40. The Morgan fingerprint density at radius 1 is 1.33 bits per heavy atom. The van der Waals surface area contributed by atoms with Gasteiger partial charge in [0.2, 0.25) is 5.91 Å². The van der Waals surface area contributed by atoms with Crippen molar-refractivity contribution in [3.05, 3.63) is 0 Å². The highest BCUT2D eigenvalue weighted by atomic mass is 16.5. The smallest absolute Gasteiger partial charge is 0.220 e. The monoisotopic (exact) mass is 212 g/mol. The first-order chi connectivity index (χ1) is 7.34. The van der Waals surface area contributed by atoms with Gasteiger partial charge in [0, 0.05) is 32.2 Å². The molecule has 0 aromatic rings. The fraction of sp³-hybridized carbons (Fsp3) is 0.909. The lowest BCUT2D eigenvalue weighted by molar-refractivity contribution is -0.119. The summed E-state index contributed by atoms with van der Waals surface area (Å²) in [5, 5.41) is 6.33. The predicted octanol–water partition coefficient (Wildman–Crippen LogP) is 0.424. The van der Waals surface area contributed by atoms with Crippen LogP contribution in [-0.2, 0) is 9.53 Å². The second-order valence-corrected chi connectivity index (χ2v) is 4.45. The van der Waals surface area contributed by atoms with Crippen molar-refractivity contribution in [1.82, 2.24) is 10.6 Å². The minimum atomic E-state index is 0.190. The van der Waals surface area contributed by atoms with Crippen LogP contribution in [0.25, 0.3) is 0 Å². The van der Waals surface area contributed by atoms with Crippen molar-refractivity contribution in [2.45, 2.75) is 44.2 Å². The first-order valence-electron chi connectivity index (χ1n) is 5.96. The predicted molar refractivity (Wildman–Crippen MR) is 57.6 cm³/mol. The van der Waals surface area contributed by atoms with Gasteiger partial charge in [-0.15, -0.1) is 0 Å². The highest BCUT2D eigenvalue weighted by Crippen LogP contribution is 2.11. The second-order valence-electron chi connectivity index (χ2n) is 4.45. The Bertz CT molecular complexity index is 215. The van der Waals surface area contributed by atoms with Crippen LogP contribution < -0.4 is 10.6 Å². The first-order valence-corrected chi connectivity index (χ1v) is 5.96. The maximum absolute atomic E-state index is 11.0. The van der Waals surface area contributed by atoms with Crippen LogP contribution in [0.5, 0.6) is 0 Å². The largest absolute Gasteiger partial charge is 0.377 e. The zero-order valence-corrected chi connectivity index (χ0v) is 9.13. The molecule has 2 N–H and O–H groups in total. The van der Waals surface area contributed by atoms with Crippen molar-refractivity contribution in [3.63, 3.8) is 0 Å². The van der Waals surface area contributed by atoms with Crippen LogP contribution in [0.3, 0.4) is 0 Å².